The number of carbonyl (C=O) groups is 6. The molecule has 1 aliphatic carbocycles. The highest BCUT2D eigenvalue weighted by Crippen LogP contribution is 2.43. The predicted octanol–water partition coefficient (Wildman–Crippen LogP) is 5.44. The summed E-state index contributed by atoms with van der Waals surface area (Å²) in [7, 11) is 7.10. The molecule has 1 saturated carbocycles. The number of likely N-dealkylation sites (N-methyl/N-ethyl adjacent to an activating group) is 2. The zero-order valence-corrected chi connectivity index (χ0v) is 41.9. The van der Waals surface area contributed by atoms with Gasteiger partial charge in [-0.05, 0) is 81.4 Å². The molecule has 5 rings (SSSR count). The summed E-state index contributed by atoms with van der Waals surface area (Å²) < 4.78 is 18.0. The maximum Gasteiger partial charge on any atom is 0.232 e. The van der Waals surface area contributed by atoms with Gasteiger partial charge in [-0.15, -0.1) is 0 Å². The summed E-state index contributed by atoms with van der Waals surface area (Å²) in [6, 6.07) is 9.78. The monoisotopic (exact) mass is 922 g/mol. The molecular formula is C52H83N5O9. The number of carbonyl (C=O) groups excluding carboxylic acids is 6. The van der Waals surface area contributed by atoms with Gasteiger partial charge < -0.3 is 29.3 Å². The van der Waals surface area contributed by atoms with Gasteiger partial charge in [0.05, 0.1) is 56.5 Å². The Morgan fingerprint density at radius 2 is 1.67 bits per heavy atom. The third kappa shape index (κ3) is 13.1. The van der Waals surface area contributed by atoms with Gasteiger partial charge >= 0.3 is 0 Å². The van der Waals surface area contributed by atoms with Crippen LogP contribution < -0.4 is 5.32 Å². The van der Waals surface area contributed by atoms with Gasteiger partial charge in [-0.25, -0.2) is 0 Å². The second kappa shape index (κ2) is 25.2. The van der Waals surface area contributed by atoms with Crippen LogP contribution in [0.15, 0.2) is 30.3 Å². The summed E-state index contributed by atoms with van der Waals surface area (Å²) in [6.07, 6.45) is 6.02. The molecule has 1 aromatic rings. The minimum atomic E-state index is -0.582. The number of ether oxygens (including phenoxy) is 3. The normalized spacial score (nSPS) is 25.3. The van der Waals surface area contributed by atoms with Crippen LogP contribution in [-0.2, 0) is 49.4 Å². The molecule has 14 nitrogen and oxygen atoms in total. The number of piperidine rings is 1. The third-order valence-electron chi connectivity index (χ3n) is 15.8. The molecule has 0 spiro atoms. The quantitative estimate of drug-likeness (QED) is 0.0845. The minimum absolute atomic E-state index is 0.00489. The van der Waals surface area contributed by atoms with E-state index in [0.717, 1.165) is 37.7 Å². The molecule has 3 saturated heterocycles. The zero-order valence-electron chi connectivity index (χ0n) is 41.9. The molecule has 66 heavy (non-hydrogen) atoms. The van der Waals surface area contributed by atoms with Gasteiger partial charge in [-0.1, -0.05) is 78.3 Å². The van der Waals surface area contributed by atoms with E-state index in [1.807, 2.05) is 50.9 Å². The Morgan fingerprint density at radius 1 is 0.939 bits per heavy atom. The summed E-state index contributed by atoms with van der Waals surface area (Å²) >= 11 is 0. The summed E-state index contributed by atoms with van der Waals surface area (Å²) in [4.78, 5) is 88.6. The van der Waals surface area contributed by atoms with Gasteiger partial charge in [0.1, 0.15) is 5.78 Å². The molecule has 1 aromatic carbocycles. The van der Waals surface area contributed by atoms with Crippen LogP contribution in [0.5, 0.6) is 0 Å². The number of Topliss-reactive ketones (excluding diaryl/α,β-unsaturated/α-hetero) is 2. The number of methoxy groups -OCH3 is 2. The van der Waals surface area contributed by atoms with Crippen molar-refractivity contribution < 1.29 is 43.0 Å². The van der Waals surface area contributed by atoms with Crippen LogP contribution in [0.25, 0.3) is 0 Å². The molecule has 4 amide bonds. The average Bonchev–Trinajstić information content (AvgIpc) is 4.10. The van der Waals surface area contributed by atoms with Crippen molar-refractivity contribution in [3.63, 3.8) is 0 Å². The molecule has 4 aliphatic rings. The Balaban J connectivity index is 1.19. The number of benzene rings is 1. The van der Waals surface area contributed by atoms with Crippen LogP contribution in [0.4, 0.5) is 0 Å². The van der Waals surface area contributed by atoms with Crippen molar-refractivity contribution in [2.75, 3.05) is 67.7 Å². The Hall–Kier alpha value is -3.56. The van der Waals surface area contributed by atoms with Gasteiger partial charge in [0, 0.05) is 77.4 Å². The molecule has 3 heterocycles. The Labute approximate surface area is 395 Å². The van der Waals surface area contributed by atoms with E-state index in [2.05, 4.69) is 43.2 Å². The SMILES string of the molecule is CC[C@H](C)[C@@H]([C@@H](CC(=O)N1CCC[C@H]1[C@H](OC)[C@@H](C)C(=O)C[C@H](CNCCOCCN1C(=O)CC(C)C1=O)Cc1ccccc1)OC)N(C)C(=O)[C@@H](CC(=O)[C@@H]1[C@H]2CC[C@H](C2)N1C)C(C)C. The van der Waals surface area contributed by atoms with Crippen molar-refractivity contribution in [2.24, 2.45) is 41.4 Å². The van der Waals surface area contributed by atoms with Crippen LogP contribution in [-0.4, -0.2) is 159 Å². The Morgan fingerprint density at radius 3 is 2.27 bits per heavy atom. The molecule has 1 N–H and O–H groups in total. The van der Waals surface area contributed by atoms with Crippen LogP contribution in [0.1, 0.15) is 111 Å². The van der Waals surface area contributed by atoms with Gasteiger partial charge in [-0.3, -0.25) is 38.6 Å². The highest BCUT2D eigenvalue weighted by atomic mass is 16.5. The van der Waals surface area contributed by atoms with Crippen molar-refractivity contribution in [3.8, 4) is 0 Å². The molecule has 3 aliphatic heterocycles. The lowest BCUT2D eigenvalue weighted by molar-refractivity contribution is -0.149. The van der Waals surface area contributed by atoms with Gasteiger partial charge in [-0.2, -0.15) is 0 Å². The van der Waals surface area contributed by atoms with Crippen molar-refractivity contribution >= 4 is 35.2 Å². The predicted molar refractivity (Wildman–Crippen MR) is 254 cm³/mol. The lowest BCUT2D eigenvalue weighted by atomic mass is 9.83. The van der Waals surface area contributed by atoms with Crippen LogP contribution in [0, 0.1) is 41.4 Å². The number of rotatable bonds is 28. The molecule has 4 fully saturated rings. The lowest BCUT2D eigenvalue weighted by Gasteiger charge is -2.41. The number of ketones is 2. The standard InChI is InChI=1S/C52H83N5O9/c1-11-34(4)48(55(8)52(63)41(33(2)3)30-44(59)49-39-19-20-40(29-39)54(49)7)45(64-9)31-47(61)56-22-15-18-42(56)50(65-10)36(6)43(58)28-38(27-37-16-13-12-14-17-37)32-53-21-24-66-25-23-57-46(60)26-35(5)51(57)62/h12-14,16-17,33-36,38-42,45,48-50,53H,11,15,18-32H2,1-10H3/t34-,35?,36-,38+,39-,40+,41-,42-,45+,48-,49-,50+/m0/s1. The van der Waals surface area contributed by atoms with E-state index < -0.39 is 30.1 Å². The first-order valence-electron chi connectivity index (χ1n) is 25.1. The number of amides is 4. The van der Waals surface area contributed by atoms with E-state index >= 15 is 0 Å². The second-order valence-electron chi connectivity index (χ2n) is 20.5. The fraction of sp³-hybridized carbons (Fsp3) is 0.769. The van der Waals surface area contributed by atoms with E-state index in [9.17, 15) is 28.8 Å². The van der Waals surface area contributed by atoms with Crippen molar-refractivity contribution in [2.45, 2.75) is 149 Å². The first kappa shape index (κ1) is 53.4. The molecule has 2 bridgehead atoms. The number of hydrogen-bond acceptors (Lipinski definition) is 11. The van der Waals surface area contributed by atoms with E-state index in [1.54, 1.807) is 26.0 Å². The molecule has 0 aromatic heterocycles. The van der Waals surface area contributed by atoms with Crippen LogP contribution >= 0.6 is 0 Å². The molecule has 0 radical (unpaired) electrons. The number of fused-ring (bicyclic) bond motifs is 2. The summed E-state index contributed by atoms with van der Waals surface area (Å²) in [5.74, 6) is -1.10. The maximum atomic E-state index is 14.5. The van der Waals surface area contributed by atoms with E-state index in [1.165, 1.54) is 4.90 Å². The van der Waals surface area contributed by atoms with E-state index in [-0.39, 0.29) is 103 Å². The summed E-state index contributed by atoms with van der Waals surface area (Å²) in [6.45, 7) is 14.5. The average molecular weight is 922 g/mol. The second-order valence-corrected chi connectivity index (χ2v) is 20.5. The summed E-state index contributed by atoms with van der Waals surface area (Å²) in [5.41, 5.74) is 1.14. The topological polar surface area (TPSA) is 155 Å². The van der Waals surface area contributed by atoms with Crippen LogP contribution in [0.3, 0.4) is 0 Å². The van der Waals surface area contributed by atoms with Gasteiger partial charge in [0.25, 0.3) is 0 Å². The van der Waals surface area contributed by atoms with E-state index in [4.69, 9.17) is 14.2 Å². The fourth-order valence-corrected chi connectivity index (χ4v) is 11.7. The zero-order chi connectivity index (χ0) is 48.2. The van der Waals surface area contributed by atoms with Crippen molar-refractivity contribution in [1.82, 2.24) is 24.9 Å². The fourth-order valence-electron chi connectivity index (χ4n) is 11.7. The molecule has 14 heteroatoms. The van der Waals surface area contributed by atoms with Crippen LogP contribution in [0.2, 0.25) is 0 Å². The first-order valence-corrected chi connectivity index (χ1v) is 25.1. The number of nitrogens with one attached hydrogen (secondary N) is 1. The molecule has 12 atom stereocenters. The Kier molecular flexibility index (Phi) is 20.4. The third-order valence-corrected chi connectivity index (χ3v) is 15.8. The van der Waals surface area contributed by atoms with Crippen molar-refractivity contribution in [3.05, 3.63) is 35.9 Å². The van der Waals surface area contributed by atoms with Crippen molar-refractivity contribution in [1.29, 1.82) is 0 Å². The van der Waals surface area contributed by atoms with E-state index in [0.29, 0.717) is 57.5 Å². The minimum Gasteiger partial charge on any atom is -0.379 e. The maximum absolute atomic E-state index is 14.5. The largest absolute Gasteiger partial charge is 0.379 e. The van der Waals surface area contributed by atoms with Gasteiger partial charge in [0.15, 0.2) is 5.78 Å². The summed E-state index contributed by atoms with van der Waals surface area (Å²) in [5, 5.41) is 3.46. The number of hydrogen-bond donors (Lipinski definition) is 1. The molecule has 1 unspecified atom stereocenters. The molecular weight excluding hydrogens is 839 g/mol. The smallest absolute Gasteiger partial charge is 0.232 e. The highest BCUT2D eigenvalue weighted by molar-refractivity contribution is 6.03. The Bertz CT molecular complexity index is 1780. The molecule has 370 valence electrons. The first-order chi connectivity index (χ1) is 31.5. The number of imide groups is 1. The number of likely N-dealkylation sites (tertiary alicyclic amines) is 3. The highest BCUT2D eigenvalue weighted by Gasteiger charge is 2.48. The number of nitrogens with zero attached hydrogens (tertiary/aromatic N) is 4. The lowest BCUT2D eigenvalue weighted by Crippen LogP contribution is -2.54. The van der Waals surface area contributed by atoms with Gasteiger partial charge in [0.2, 0.25) is 23.6 Å².